The second-order valence-corrected chi connectivity index (χ2v) is 6.43. The molecule has 1 fully saturated rings. The van der Waals surface area contributed by atoms with E-state index in [2.05, 4.69) is 0 Å². The predicted octanol–water partition coefficient (Wildman–Crippen LogP) is 2.00. The van der Waals surface area contributed by atoms with Gasteiger partial charge in [-0.05, 0) is 40.0 Å². The first-order chi connectivity index (χ1) is 9.83. The molecule has 0 bridgehead atoms. The van der Waals surface area contributed by atoms with Gasteiger partial charge in [-0.2, -0.15) is 0 Å². The first kappa shape index (κ1) is 18.2. The van der Waals surface area contributed by atoms with Crippen LogP contribution in [0.25, 0.3) is 0 Å². The fourth-order valence-corrected chi connectivity index (χ4v) is 2.21. The summed E-state index contributed by atoms with van der Waals surface area (Å²) in [5, 5.41) is 8.99. The average Bonchev–Trinajstić information content (AvgIpc) is 2.90. The van der Waals surface area contributed by atoms with E-state index >= 15 is 0 Å². The Hall–Kier alpha value is -0.850. The Bertz CT molecular complexity index is 310. The summed E-state index contributed by atoms with van der Waals surface area (Å²) >= 11 is 0. The monoisotopic (exact) mass is 303 g/mol. The normalized spacial score (nSPS) is 17.8. The fourth-order valence-electron chi connectivity index (χ4n) is 2.21. The molecule has 1 rings (SSSR count). The van der Waals surface area contributed by atoms with Gasteiger partial charge in [-0.1, -0.05) is 0 Å². The molecule has 1 amide bonds. The topological polar surface area (TPSA) is 68.2 Å². The van der Waals surface area contributed by atoms with Crippen molar-refractivity contribution in [2.75, 3.05) is 33.4 Å². The van der Waals surface area contributed by atoms with E-state index in [1.54, 1.807) is 11.9 Å². The van der Waals surface area contributed by atoms with Gasteiger partial charge >= 0.3 is 6.09 Å². The quantitative estimate of drug-likeness (QED) is 0.779. The number of ether oxygens (including phenoxy) is 3. The van der Waals surface area contributed by atoms with Crippen LogP contribution in [0.3, 0.4) is 0 Å². The smallest absolute Gasteiger partial charge is 0.410 e. The van der Waals surface area contributed by atoms with E-state index in [1.807, 2.05) is 20.8 Å². The molecule has 1 unspecified atom stereocenters. The lowest BCUT2D eigenvalue weighted by molar-refractivity contribution is -0.0899. The van der Waals surface area contributed by atoms with Crippen molar-refractivity contribution in [3.63, 3.8) is 0 Å². The van der Waals surface area contributed by atoms with Gasteiger partial charge in [0.25, 0.3) is 0 Å². The van der Waals surface area contributed by atoms with Crippen LogP contribution in [0.1, 0.15) is 40.0 Å². The van der Waals surface area contributed by atoms with Gasteiger partial charge in [-0.3, -0.25) is 0 Å². The molecule has 1 N–H and O–H groups in total. The lowest BCUT2D eigenvalue weighted by Gasteiger charge is -2.27. The molecule has 124 valence electrons. The van der Waals surface area contributed by atoms with Crippen molar-refractivity contribution in [1.29, 1.82) is 0 Å². The predicted molar refractivity (Wildman–Crippen MR) is 79.0 cm³/mol. The van der Waals surface area contributed by atoms with E-state index in [0.717, 1.165) is 12.8 Å². The maximum Gasteiger partial charge on any atom is 0.410 e. The van der Waals surface area contributed by atoms with Gasteiger partial charge in [0.1, 0.15) is 5.60 Å². The van der Waals surface area contributed by atoms with Crippen LogP contribution in [0, 0.1) is 5.92 Å². The molecule has 1 aliphatic heterocycles. The van der Waals surface area contributed by atoms with Crippen LogP contribution < -0.4 is 0 Å². The lowest BCUT2D eigenvalue weighted by Crippen LogP contribution is -2.36. The van der Waals surface area contributed by atoms with E-state index in [0.29, 0.717) is 26.2 Å². The minimum absolute atomic E-state index is 0.158. The molecule has 0 aromatic rings. The van der Waals surface area contributed by atoms with E-state index in [-0.39, 0.29) is 24.9 Å². The molecular formula is C15H29NO5. The van der Waals surface area contributed by atoms with Gasteiger partial charge in [-0.15, -0.1) is 0 Å². The summed E-state index contributed by atoms with van der Waals surface area (Å²) in [5.74, 6) is 0.185. The van der Waals surface area contributed by atoms with Gasteiger partial charge in [0, 0.05) is 26.1 Å². The maximum atomic E-state index is 11.9. The Morgan fingerprint density at radius 2 is 1.95 bits per heavy atom. The van der Waals surface area contributed by atoms with Crippen LogP contribution in [-0.2, 0) is 14.2 Å². The Balaban J connectivity index is 2.41. The van der Waals surface area contributed by atoms with Gasteiger partial charge in [0.05, 0.1) is 13.2 Å². The van der Waals surface area contributed by atoms with Crippen LogP contribution >= 0.6 is 0 Å². The molecule has 0 aromatic heterocycles. The van der Waals surface area contributed by atoms with E-state index < -0.39 is 5.60 Å². The number of rotatable bonds is 7. The van der Waals surface area contributed by atoms with Crippen LogP contribution in [0.5, 0.6) is 0 Å². The van der Waals surface area contributed by atoms with Crippen molar-refractivity contribution in [3.05, 3.63) is 0 Å². The van der Waals surface area contributed by atoms with Crippen LogP contribution in [0.15, 0.2) is 0 Å². The van der Waals surface area contributed by atoms with Gasteiger partial charge in [-0.25, -0.2) is 4.79 Å². The van der Waals surface area contributed by atoms with E-state index in [9.17, 15) is 4.79 Å². The van der Waals surface area contributed by atoms with E-state index in [1.165, 1.54) is 0 Å². The summed E-state index contributed by atoms with van der Waals surface area (Å²) in [6, 6.07) is 0. The zero-order valence-corrected chi connectivity index (χ0v) is 13.6. The highest BCUT2D eigenvalue weighted by atomic mass is 16.7. The van der Waals surface area contributed by atoms with Crippen molar-refractivity contribution in [2.45, 2.75) is 51.9 Å². The molecule has 1 aliphatic rings. The average molecular weight is 303 g/mol. The molecule has 0 radical (unpaired) electrons. The van der Waals surface area contributed by atoms with Gasteiger partial charge in [0.15, 0.2) is 6.29 Å². The van der Waals surface area contributed by atoms with Crippen LogP contribution in [0.4, 0.5) is 4.79 Å². The Morgan fingerprint density at radius 3 is 2.48 bits per heavy atom. The molecule has 1 atom stereocenters. The molecule has 0 spiro atoms. The summed E-state index contributed by atoms with van der Waals surface area (Å²) in [5.41, 5.74) is -0.487. The third-order valence-electron chi connectivity index (χ3n) is 3.31. The molecule has 0 saturated carbocycles. The molecule has 1 saturated heterocycles. The van der Waals surface area contributed by atoms with Crippen molar-refractivity contribution in [2.24, 2.45) is 5.92 Å². The number of aliphatic hydroxyl groups is 1. The SMILES string of the molecule is CN(CCC(CCCO)C1OCCO1)C(=O)OC(C)(C)C. The second kappa shape index (κ2) is 8.56. The number of amides is 1. The van der Waals surface area contributed by atoms with Crippen molar-refractivity contribution >= 4 is 6.09 Å². The number of carbonyl (C=O) groups is 1. The first-order valence-electron chi connectivity index (χ1n) is 7.61. The number of nitrogens with zero attached hydrogens (tertiary/aromatic N) is 1. The summed E-state index contributed by atoms with van der Waals surface area (Å²) in [6.07, 6.45) is 1.76. The standard InChI is InChI=1S/C15H29NO5/c1-15(2,3)21-14(18)16(4)8-7-12(6-5-9-17)13-19-10-11-20-13/h12-13,17H,5-11H2,1-4H3. The number of aliphatic hydroxyl groups excluding tert-OH is 1. The zero-order chi connectivity index (χ0) is 15.9. The number of hydrogen-bond donors (Lipinski definition) is 1. The second-order valence-electron chi connectivity index (χ2n) is 6.43. The molecule has 0 aromatic carbocycles. The Morgan fingerprint density at radius 1 is 1.33 bits per heavy atom. The van der Waals surface area contributed by atoms with Crippen molar-refractivity contribution < 1.29 is 24.1 Å². The van der Waals surface area contributed by atoms with E-state index in [4.69, 9.17) is 19.3 Å². The van der Waals surface area contributed by atoms with Crippen molar-refractivity contribution in [3.8, 4) is 0 Å². The highest BCUT2D eigenvalue weighted by Gasteiger charge is 2.27. The van der Waals surface area contributed by atoms with Gasteiger partial charge in [0.2, 0.25) is 0 Å². The zero-order valence-electron chi connectivity index (χ0n) is 13.6. The molecule has 6 heteroatoms. The number of carbonyl (C=O) groups excluding carboxylic acids is 1. The van der Waals surface area contributed by atoms with Gasteiger partial charge < -0.3 is 24.2 Å². The van der Waals surface area contributed by atoms with Crippen LogP contribution in [-0.4, -0.2) is 61.4 Å². The van der Waals surface area contributed by atoms with Crippen LogP contribution in [0.2, 0.25) is 0 Å². The minimum Gasteiger partial charge on any atom is -0.444 e. The third-order valence-corrected chi connectivity index (χ3v) is 3.31. The highest BCUT2D eigenvalue weighted by molar-refractivity contribution is 5.67. The molecule has 1 heterocycles. The largest absolute Gasteiger partial charge is 0.444 e. The summed E-state index contributed by atoms with van der Waals surface area (Å²) in [6.45, 7) is 7.51. The first-order valence-corrected chi connectivity index (χ1v) is 7.61. The number of hydrogen-bond acceptors (Lipinski definition) is 5. The Kier molecular flexibility index (Phi) is 7.42. The summed E-state index contributed by atoms with van der Waals surface area (Å²) in [4.78, 5) is 13.5. The minimum atomic E-state index is -0.487. The maximum absolute atomic E-state index is 11.9. The molecule has 0 aliphatic carbocycles. The fraction of sp³-hybridized carbons (Fsp3) is 0.933. The van der Waals surface area contributed by atoms with Crippen molar-refractivity contribution in [1.82, 2.24) is 4.90 Å². The molecule has 21 heavy (non-hydrogen) atoms. The summed E-state index contributed by atoms with van der Waals surface area (Å²) < 4.78 is 16.4. The third kappa shape index (κ3) is 7.11. The summed E-state index contributed by atoms with van der Waals surface area (Å²) in [7, 11) is 1.73. The highest BCUT2D eigenvalue weighted by Crippen LogP contribution is 2.23. The molecule has 6 nitrogen and oxygen atoms in total. The Labute approximate surface area is 127 Å². The lowest BCUT2D eigenvalue weighted by atomic mass is 9.98. The molecular weight excluding hydrogens is 274 g/mol.